The molecule has 1 radical (unpaired) electrons. The van der Waals surface area contributed by atoms with E-state index in [1.54, 1.807) is 12.3 Å². The van der Waals surface area contributed by atoms with Crippen LogP contribution in [0.5, 0.6) is 0 Å². The van der Waals surface area contributed by atoms with E-state index >= 15 is 0 Å². The number of hydrogen-bond donors (Lipinski definition) is 1. The van der Waals surface area contributed by atoms with Crippen molar-refractivity contribution in [1.82, 2.24) is 4.98 Å². The molecule has 0 saturated carbocycles. The molecule has 0 saturated heterocycles. The lowest BCUT2D eigenvalue weighted by Crippen LogP contribution is -1.94. The topological polar surface area (TPSA) is 62.7 Å². The average molecular weight is 222 g/mol. The smallest absolute Gasteiger partial charge is 0.123 e. The molecule has 0 bridgehead atoms. The van der Waals surface area contributed by atoms with Crippen molar-refractivity contribution >= 4 is 5.82 Å². The quantitative estimate of drug-likeness (QED) is 0.865. The Bertz CT molecular complexity index is 538. The van der Waals surface area contributed by atoms with Crippen LogP contribution in [-0.2, 0) is 12.8 Å². The SMILES string of the molecule is N#CCc1[c]ccc(Cc2ccc(N)nc2)c1. The third kappa shape index (κ3) is 3.05. The van der Waals surface area contributed by atoms with Crippen molar-refractivity contribution in [2.45, 2.75) is 12.8 Å². The van der Waals surface area contributed by atoms with Crippen molar-refractivity contribution in [2.75, 3.05) is 5.73 Å². The Labute approximate surface area is 101 Å². The number of nitrogens with zero attached hydrogens (tertiary/aromatic N) is 2. The summed E-state index contributed by atoms with van der Waals surface area (Å²) in [5.74, 6) is 0.528. The first-order valence-corrected chi connectivity index (χ1v) is 5.35. The minimum atomic E-state index is 0.397. The Balaban J connectivity index is 2.16. The van der Waals surface area contributed by atoms with Crippen LogP contribution in [0.1, 0.15) is 16.7 Å². The molecular formula is C14H12N3. The van der Waals surface area contributed by atoms with E-state index in [1.807, 2.05) is 24.3 Å². The van der Waals surface area contributed by atoms with Crippen LogP contribution in [0.25, 0.3) is 0 Å². The average Bonchev–Trinajstić information content (AvgIpc) is 2.33. The van der Waals surface area contributed by atoms with Gasteiger partial charge in [-0.05, 0) is 35.2 Å². The van der Waals surface area contributed by atoms with Gasteiger partial charge in [0.15, 0.2) is 0 Å². The summed E-state index contributed by atoms with van der Waals surface area (Å²) in [5, 5.41) is 8.64. The van der Waals surface area contributed by atoms with Gasteiger partial charge in [-0.3, -0.25) is 0 Å². The molecule has 1 heterocycles. The number of nitriles is 1. The third-order valence-electron chi connectivity index (χ3n) is 2.45. The molecule has 2 rings (SSSR count). The van der Waals surface area contributed by atoms with Crippen LogP contribution in [0.15, 0.2) is 36.5 Å². The molecular weight excluding hydrogens is 210 g/mol. The summed E-state index contributed by atoms with van der Waals surface area (Å²) in [6.45, 7) is 0. The van der Waals surface area contributed by atoms with Gasteiger partial charge in [-0.15, -0.1) is 0 Å². The van der Waals surface area contributed by atoms with Crippen LogP contribution >= 0.6 is 0 Å². The fraction of sp³-hybridized carbons (Fsp3) is 0.143. The number of hydrogen-bond acceptors (Lipinski definition) is 3. The predicted molar refractivity (Wildman–Crippen MR) is 66.1 cm³/mol. The molecule has 0 spiro atoms. The van der Waals surface area contributed by atoms with Crippen molar-refractivity contribution in [3.8, 4) is 6.07 Å². The highest BCUT2D eigenvalue weighted by atomic mass is 14.8. The molecule has 17 heavy (non-hydrogen) atoms. The fourth-order valence-electron chi connectivity index (χ4n) is 1.64. The van der Waals surface area contributed by atoms with E-state index in [9.17, 15) is 0 Å². The van der Waals surface area contributed by atoms with Crippen LogP contribution < -0.4 is 5.73 Å². The summed E-state index contributed by atoms with van der Waals surface area (Å²) in [6, 6.07) is 14.8. The van der Waals surface area contributed by atoms with Gasteiger partial charge in [0.25, 0.3) is 0 Å². The van der Waals surface area contributed by atoms with Gasteiger partial charge in [-0.1, -0.05) is 24.3 Å². The molecule has 2 aromatic rings. The Kier molecular flexibility index (Phi) is 3.37. The van der Waals surface area contributed by atoms with Gasteiger partial charge in [0, 0.05) is 6.20 Å². The highest BCUT2D eigenvalue weighted by Gasteiger charge is 1.99. The Hall–Kier alpha value is -2.34. The van der Waals surface area contributed by atoms with Gasteiger partial charge in [0.2, 0.25) is 0 Å². The van der Waals surface area contributed by atoms with Crippen LogP contribution in [0.2, 0.25) is 0 Å². The van der Waals surface area contributed by atoms with Crippen molar-refractivity contribution < 1.29 is 0 Å². The second-order valence-corrected chi connectivity index (χ2v) is 3.83. The van der Waals surface area contributed by atoms with E-state index in [0.29, 0.717) is 12.2 Å². The van der Waals surface area contributed by atoms with E-state index < -0.39 is 0 Å². The Morgan fingerprint density at radius 3 is 2.88 bits per heavy atom. The maximum absolute atomic E-state index is 8.64. The van der Waals surface area contributed by atoms with Gasteiger partial charge in [0.05, 0.1) is 12.5 Å². The normalized spacial score (nSPS) is 9.82. The first-order valence-electron chi connectivity index (χ1n) is 5.35. The number of anilines is 1. The number of aromatic nitrogens is 1. The molecule has 0 fully saturated rings. The third-order valence-corrected chi connectivity index (χ3v) is 2.45. The van der Waals surface area contributed by atoms with E-state index in [2.05, 4.69) is 17.1 Å². The molecule has 0 atom stereocenters. The van der Waals surface area contributed by atoms with Gasteiger partial charge < -0.3 is 5.73 Å². The summed E-state index contributed by atoms with van der Waals surface area (Å²) >= 11 is 0. The second-order valence-electron chi connectivity index (χ2n) is 3.83. The molecule has 3 nitrogen and oxygen atoms in total. The zero-order valence-electron chi connectivity index (χ0n) is 9.35. The Morgan fingerprint density at radius 1 is 1.29 bits per heavy atom. The predicted octanol–water partition coefficient (Wildman–Crippen LogP) is 2.12. The van der Waals surface area contributed by atoms with Crippen LogP contribution in [0.4, 0.5) is 5.82 Å². The van der Waals surface area contributed by atoms with E-state index in [4.69, 9.17) is 11.0 Å². The van der Waals surface area contributed by atoms with Crippen molar-refractivity contribution in [2.24, 2.45) is 0 Å². The van der Waals surface area contributed by atoms with E-state index in [0.717, 1.165) is 23.1 Å². The second kappa shape index (κ2) is 5.13. The zero-order chi connectivity index (χ0) is 12.1. The summed E-state index contributed by atoms with van der Waals surface area (Å²) in [7, 11) is 0. The van der Waals surface area contributed by atoms with E-state index in [-0.39, 0.29) is 0 Å². The molecule has 0 aliphatic carbocycles. The van der Waals surface area contributed by atoms with Gasteiger partial charge in [0.1, 0.15) is 5.82 Å². The largest absolute Gasteiger partial charge is 0.384 e. The molecule has 0 aliphatic rings. The minimum Gasteiger partial charge on any atom is -0.384 e. The molecule has 0 amide bonds. The number of nitrogens with two attached hydrogens (primary N) is 1. The highest BCUT2D eigenvalue weighted by Crippen LogP contribution is 2.11. The van der Waals surface area contributed by atoms with E-state index in [1.165, 1.54) is 0 Å². The maximum atomic E-state index is 8.64. The van der Waals surface area contributed by atoms with Gasteiger partial charge >= 0.3 is 0 Å². The Morgan fingerprint density at radius 2 is 2.18 bits per heavy atom. The van der Waals surface area contributed by atoms with Crippen LogP contribution in [-0.4, -0.2) is 4.98 Å². The summed E-state index contributed by atoms with van der Waals surface area (Å²) < 4.78 is 0. The highest BCUT2D eigenvalue weighted by molar-refractivity contribution is 5.33. The fourth-order valence-corrected chi connectivity index (χ4v) is 1.64. The van der Waals surface area contributed by atoms with Gasteiger partial charge in [-0.25, -0.2) is 4.98 Å². The molecule has 2 N–H and O–H groups in total. The molecule has 83 valence electrons. The lowest BCUT2D eigenvalue weighted by Gasteiger charge is -2.03. The maximum Gasteiger partial charge on any atom is 0.123 e. The van der Waals surface area contributed by atoms with Crippen LogP contribution in [0.3, 0.4) is 0 Å². The molecule has 1 aromatic heterocycles. The number of pyridine rings is 1. The van der Waals surface area contributed by atoms with Gasteiger partial charge in [-0.2, -0.15) is 5.26 Å². The van der Waals surface area contributed by atoms with Crippen molar-refractivity contribution in [3.05, 3.63) is 59.3 Å². The zero-order valence-corrected chi connectivity index (χ0v) is 9.35. The minimum absolute atomic E-state index is 0.397. The molecule has 0 aliphatic heterocycles. The first-order chi connectivity index (χ1) is 8.28. The molecule has 1 aromatic carbocycles. The van der Waals surface area contributed by atoms with Crippen LogP contribution in [0, 0.1) is 17.4 Å². The van der Waals surface area contributed by atoms with Crippen molar-refractivity contribution in [1.29, 1.82) is 5.26 Å². The summed E-state index contributed by atoms with van der Waals surface area (Å²) in [5.41, 5.74) is 8.71. The van der Waals surface area contributed by atoms with Crippen molar-refractivity contribution in [3.63, 3.8) is 0 Å². The standard InChI is InChI=1S/C14H12N3/c15-7-6-11-2-1-3-12(8-11)9-13-4-5-14(16)17-10-13/h1,3-5,8,10H,6,9H2,(H2,16,17). The lowest BCUT2D eigenvalue weighted by atomic mass is 10.0. The number of rotatable bonds is 3. The first kappa shape index (κ1) is 11.2. The molecule has 3 heteroatoms. The monoisotopic (exact) mass is 222 g/mol. The lowest BCUT2D eigenvalue weighted by molar-refractivity contribution is 1.13. The number of benzene rings is 1. The summed E-state index contributed by atoms with van der Waals surface area (Å²) in [6.07, 6.45) is 2.96. The summed E-state index contributed by atoms with van der Waals surface area (Å²) in [4.78, 5) is 4.05. The molecule has 0 unspecified atom stereocenters. The number of nitrogen functional groups attached to an aromatic ring is 1.